The van der Waals surface area contributed by atoms with E-state index in [9.17, 15) is 0 Å². The fourth-order valence-electron chi connectivity index (χ4n) is 3.70. The molecule has 1 aliphatic heterocycles. The van der Waals surface area contributed by atoms with Crippen LogP contribution in [0.3, 0.4) is 0 Å². The van der Waals surface area contributed by atoms with Crippen LogP contribution >= 0.6 is 11.6 Å². The third-order valence-corrected chi connectivity index (χ3v) is 5.64. The Morgan fingerprint density at radius 3 is 1.68 bits per heavy atom. The van der Waals surface area contributed by atoms with Crippen LogP contribution in [0.15, 0.2) is 60.7 Å². The zero-order valence-electron chi connectivity index (χ0n) is 16.7. The van der Waals surface area contributed by atoms with Gasteiger partial charge < -0.3 is 14.5 Å². The Hall–Kier alpha value is -2.65. The Balaban J connectivity index is 1.88. The molecule has 0 radical (unpaired) electrons. The van der Waals surface area contributed by atoms with Crippen molar-refractivity contribution in [3.05, 3.63) is 82.9 Å². The van der Waals surface area contributed by atoms with E-state index in [-0.39, 0.29) is 5.92 Å². The molecule has 0 unspecified atom stereocenters. The van der Waals surface area contributed by atoms with Crippen molar-refractivity contribution < 1.29 is 4.74 Å². The van der Waals surface area contributed by atoms with E-state index in [2.05, 4.69) is 70.5 Å². The van der Waals surface area contributed by atoms with Gasteiger partial charge in [0.25, 0.3) is 0 Å². The third-order valence-electron chi connectivity index (χ3n) is 5.34. The van der Waals surface area contributed by atoms with Crippen molar-refractivity contribution >= 4 is 23.0 Å². The average molecular weight is 393 g/mol. The molecule has 1 heterocycles. The summed E-state index contributed by atoms with van der Waals surface area (Å²) in [5, 5.41) is 0. The first-order chi connectivity index (χ1) is 13.5. The Bertz CT molecular complexity index is 938. The van der Waals surface area contributed by atoms with Crippen LogP contribution in [0.2, 0.25) is 0 Å². The minimum atomic E-state index is 0.135. The Morgan fingerprint density at radius 1 is 0.750 bits per heavy atom. The van der Waals surface area contributed by atoms with Crippen LogP contribution in [0, 0.1) is 0 Å². The summed E-state index contributed by atoms with van der Waals surface area (Å²) in [4.78, 5) is 4.19. The summed E-state index contributed by atoms with van der Waals surface area (Å²) < 4.78 is 6.38. The number of alkyl halides is 1. The molecule has 0 aromatic heterocycles. The molecule has 1 aliphatic rings. The van der Waals surface area contributed by atoms with Gasteiger partial charge in [-0.25, -0.2) is 0 Å². The van der Waals surface area contributed by atoms with Crippen molar-refractivity contribution in [2.75, 3.05) is 38.0 Å². The highest BCUT2D eigenvalue weighted by molar-refractivity contribution is 6.17. The maximum absolute atomic E-state index is 6.38. The van der Waals surface area contributed by atoms with E-state index in [0.29, 0.717) is 5.88 Å². The number of benzene rings is 3. The van der Waals surface area contributed by atoms with Gasteiger partial charge in [0.15, 0.2) is 0 Å². The second-order valence-electron chi connectivity index (χ2n) is 7.64. The van der Waals surface area contributed by atoms with Crippen LogP contribution in [0.1, 0.15) is 28.2 Å². The second kappa shape index (κ2) is 7.40. The SMILES string of the molecule is CN(C)c1ccc2c(c1)Oc1cc(N(C)C)ccc1C2c1ccc(CCl)cc1. The molecule has 3 nitrogen and oxygen atoms in total. The highest BCUT2D eigenvalue weighted by Crippen LogP contribution is 2.49. The van der Waals surface area contributed by atoms with E-state index in [0.717, 1.165) is 28.4 Å². The molecule has 0 fully saturated rings. The fraction of sp³-hybridized carbons (Fsp3) is 0.250. The number of anilines is 2. The molecule has 4 heteroatoms. The van der Waals surface area contributed by atoms with E-state index >= 15 is 0 Å². The Kier molecular flexibility index (Phi) is 4.94. The zero-order valence-corrected chi connectivity index (χ0v) is 17.5. The van der Waals surface area contributed by atoms with Crippen LogP contribution in [-0.2, 0) is 5.88 Å². The summed E-state index contributed by atoms with van der Waals surface area (Å²) in [6.45, 7) is 0. The molecular weight excluding hydrogens is 368 g/mol. The smallest absolute Gasteiger partial charge is 0.133 e. The number of hydrogen-bond donors (Lipinski definition) is 0. The van der Waals surface area contributed by atoms with Gasteiger partial charge in [0.1, 0.15) is 11.5 Å². The number of halogens is 1. The largest absolute Gasteiger partial charge is 0.457 e. The van der Waals surface area contributed by atoms with Crippen molar-refractivity contribution in [1.82, 2.24) is 0 Å². The average Bonchev–Trinajstić information content (AvgIpc) is 2.71. The summed E-state index contributed by atoms with van der Waals surface area (Å²) in [6, 6.07) is 21.5. The normalized spacial score (nSPS) is 12.8. The van der Waals surface area contributed by atoms with E-state index in [1.165, 1.54) is 16.7 Å². The van der Waals surface area contributed by atoms with Crippen LogP contribution in [0.4, 0.5) is 11.4 Å². The van der Waals surface area contributed by atoms with Gasteiger partial charge in [-0.3, -0.25) is 0 Å². The highest BCUT2D eigenvalue weighted by atomic mass is 35.5. The van der Waals surface area contributed by atoms with Gasteiger partial charge in [-0.1, -0.05) is 36.4 Å². The lowest BCUT2D eigenvalue weighted by Crippen LogP contribution is -2.15. The molecule has 144 valence electrons. The lowest BCUT2D eigenvalue weighted by molar-refractivity contribution is 0.453. The molecule has 0 bridgehead atoms. The van der Waals surface area contributed by atoms with Gasteiger partial charge in [0.2, 0.25) is 0 Å². The van der Waals surface area contributed by atoms with Crippen LogP contribution in [0.5, 0.6) is 11.5 Å². The lowest BCUT2D eigenvalue weighted by atomic mass is 9.82. The molecule has 3 aromatic rings. The summed E-state index contributed by atoms with van der Waals surface area (Å²) in [7, 11) is 8.19. The first-order valence-corrected chi connectivity index (χ1v) is 9.96. The predicted octanol–water partition coefficient (Wildman–Crippen LogP) is 5.84. The molecule has 3 aromatic carbocycles. The number of nitrogens with zero attached hydrogens (tertiary/aromatic N) is 2. The van der Waals surface area contributed by atoms with Crippen molar-refractivity contribution in [1.29, 1.82) is 0 Å². The second-order valence-corrected chi connectivity index (χ2v) is 7.91. The van der Waals surface area contributed by atoms with Gasteiger partial charge >= 0.3 is 0 Å². The van der Waals surface area contributed by atoms with Crippen LogP contribution in [-0.4, -0.2) is 28.2 Å². The Labute approximate surface area is 172 Å². The molecule has 0 aliphatic carbocycles. The molecule has 28 heavy (non-hydrogen) atoms. The summed E-state index contributed by atoms with van der Waals surface area (Å²) in [5.74, 6) is 2.50. The topological polar surface area (TPSA) is 15.7 Å². The summed E-state index contributed by atoms with van der Waals surface area (Å²) in [6.07, 6.45) is 0. The number of rotatable bonds is 4. The number of ether oxygens (including phenoxy) is 1. The fourth-order valence-corrected chi connectivity index (χ4v) is 3.88. The highest BCUT2D eigenvalue weighted by Gasteiger charge is 2.29. The molecule has 0 amide bonds. The Morgan fingerprint density at radius 2 is 1.25 bits per heavy atom. The molecule has 0 saturated heterocycles. The standard InChI is InChI=1S/C24H25ClN2O/c1-26(2)18-9-11-20-22(13-18)28-23-14-19(27(3)4)10-12-21(23)24(20)17-7-5-16(15-25)6-8-17/h5-14,24H,15H2,1-4H3. The number of hydrogen-bond acceptors (Lipinski definition) is 3. The van der Waals surface area contributed by atoms with E-state index in [1.54, 1.807) is 0 Å². The first kappa shape index (κ1) is 18.7. The van der Waals surface area contributed by atoms with Gasteiger partial charge in [0.05, 0.1) is 0 Å². The van der Waals surface area contributed by atoms with Gasteiger partial charge in [-0.2, -0.15) is 0 Å². The maximum Gasteiger partial charge on any atom is 0.133 e. The summed E-state index contributed by atoms with van der Waals surface area (Å²) >= 11 is 5.99. The van der Waals surface area contributed by atoms with E-state index in [4.69, 9.17) is 16.3 Å². The van der Waals surface area contributed by atoms with Crippen molar-refractivity contribution in [3.63, 3.8) is 0 Å². The minimum Gasteiger partial charge on any atom is -0.457 e. The van der Waals surface area contributed by atoms with E-state index in [1.807, 2.05) is 28.2 Å². The summed E-state index contributed by atoms with van der Waals surface area (Å²) in [5.41, 5.74) is 7.01. The van der Waals surface area contributed by atoms with Gasteiger partial charge in [-0.05, 0) is 23.3 Å². The molecule has 0 saturated carbocycles. The minimum absolute atomic E-state index is 0.135. The van der Waals surface area contributed by atoms with E-state index < -0.39 is 0 Å². The van der Waals surface area contributed by atoms with Crippen LogP contribution in [0.25, 0.3) is 0 Å². The predicted molar refractivity (Wildman–Crippen MR) is 119 cm³/mol. The van der Waals surface area contributed by atoms with Gasteiger partial charge in [-0.15, -0.1) is 11.6 Å². The van der Waals surface area contributed by atoms with Crippen molar-refractivity contribution in [2.24, 2.45) is 0 Å². The monoisotopic (exact) mass is 392 g/mol. The van der Waals surface area contributed by atoms with Crippen LogP contribution < -0.4 is 14.5 Å². The van der Waals surface area contributed by atoms with Gasteiger partial charge in [0, 0.05) is 74.6 Å². The zero-order chi connectivity index (χ0) is 19.8. The molecule has 0 spiro atoms. The molecule has 0 atom stereocenters. The van der Waals surface area contributed by atoms with Crippen molar-refractivity contribution in [3.8, 4) is 11.5 Å². The first-order valence-electron chi connectivity index (χ1n) is 9.43. The molecule has 0 N–H and O–H groups in total. The molecular formula is C24H25ClN2O. The molecule has 4 rings (SSSR count). The lowest BCUT2D eigenvalue weighted by Gasteiger charge is -2.30. The van der Waals surface area contributed by atoms with Crippen molar-refractivity contribution in [2.45, 2.75) is 11.8 Å². The third kappa shape index (κ3) is 3.31. The maximum atomic E-state index is 6.38. The quantitative estimate of drug-likeness (QED) is 0.405. The number of fused-ring (bicyclic) bond motifs is 2.